The van der Waals surface area contributed by atoms with E-state index in [9.17, 15) is 0 Å². The summed E-state index contributed by atoms with van der Waals surface area (Å²) < 4.78 is 1.27. The fourth-order valence-corrected chi connectivity index (χ4v) is 1.82. The summed E-state index contributed by atoms with van der Waals surface area (Å²) in [6, 6.07) is 0. The fourth-order valence-electron chi connectivity index (χ4n) is 1.82. The number of piperidine rings is 1. The molecule has 1 aliphatic rings. The summed E-state index contributed by atoms with van der Waals surface area (Å²) in [5, 5.41) is 0. The van der Waals surface area contributed by atoms with Crippen LogP contribution in [0, 0.1) is 0 Å². The standard InChI is InChI=1S/C10H20N/c1-3-4-8-11(2)9-6-5-7-10-11/h3-4H,5-10H2,1-2H3/q+1/b4-3+. The van der Waals surface area contributed by atoms with Crippen LogP contribution in [0.1, 0.15) is 26.2 Å². The minimum absolute atomic E-state index is 1.23. The molecule has 1 heterocycles. The number of rotatable bonds is 2. The zero-order valence-corrected chi connectivity index (χ0v) is 7.84. The molecule has 1 saturated heterocycles. The van der Waals surface area contributed by atoms with Crippen molar-refractivity contribution in [2.45, 2.75) is 26.2 Å². The van der Waals surface area contributed by atoms with E-state index in [4.69, 9.17) is 0 Å². The summed E-state index contributed by atoms with van der Waals surface area (Å²) in [7, 11) is 2.37. The van der Waals surface area contributed by atoms with Crippen molar-refractivity contribution < 1.29 is 4.48 Å². The topological polar surface area (TPSA) is 0 Å². The molecule has 1 aliphatic heterocycles. The number of quaternary nitrogens is 1. The Hall–Kier alpha value is -0.300. The Balaban J connectivity index is 2.37. The van der Waals surface area contributed by atoms with E-state index < -0.39 is 0 Å². The Kier molecular flexibility index (Phi) is 3.13. The van der Waals surface area contributed by atoms with Gasteiger partial charge < -0.3 is 4.48 Å². The van der Waals surface area contributed by atoms with Crippen LogP contribution < -0.4 is 0 Å². The van der Waals surface area contributed by atoms with Crippen molar-refractivity contribution in [1.82, 2.24) is 0 Å². The molecule has 0 aliphatic carbocycles. The molecule has 1 fully saturated rings. The molecule has 0 aromatic carbocycles. The van der Waals surface area contributed by atoms with Gasteiger partial charge in [0.1, 0.15) is 0 Å². The van der Waals surface area contributed by atoms with Crippen LogP contribution in [0.3, 0.4) is 0 Å². The molecule has 0 radical (unpaired) electrons. The molecular formula is C10H20N+. The zero-order valence-electron chi connectivity index (χ0n) is 7.84. The lowest BCUT2D eigenvalue weighted by atomic mass is 10.1. The van der Waals surface area contributed by atoms with E-state index in [2.05, 4.69) is 26.1 Å². The lowest BCUT2D eigenvalue weighted by Gasteiger charge is -2.36. The molecule has 0 atom stereocenters. The molecule has 11 heavy (non-hydrogen) atoms. The monoisotopic (exact) mass is 154 g/mol. The van der Waals surface area contributed by atoms with E-state index >= 15 is 0 Å². The van der Waals surface area contributed by atoms with Gasteiger partial charge in [-0.3, -0.25) is 0 Å². The summed E-state index contributed by atoms with van der Waals surface area (Å²) in [6.45, 7) is 6.10. The van der Waals surface area contributed by atoms with E-state index in [1.165, 1.54) is 43.4 Å². The van der Waals surface area contributed by atoms with Gasteiger partial charge in [-0.15, -0.1) is 0 Å². The third-order valence-corrected chi connectivity index (χ3v) is 2.68. The maximum atomic E-state index is 2.37. The second-order valence-electron chi connectivity index (χ2n) is 3.88. The van der Waals surface area contributed by atoms with Crippen LogP contribution in [-0.2, 0) is 0 Å². The largest absolute Gasteiger partial charge is 0.323 e. The van der Waals surface area contributed by atoms with Crippen molar-refractivity contribution >= 4 is 0 Å². The molecule has 0 amide bonds. The smallest absolute Gasteiger partial charge is 0.0971 e. The van der Waals surface area contributed by atoms with Crippen molar-refractivity contribution in [1.29, 1.82) is 0 Å². The quantitative estimate of drug-likeness (QED) is 0.422. The Labute approximate surface area is 70.3 Å². The summed E-state index contributed by atoms with van der Waals surface area (Å²) in [5.74, 6) is 0. The predicted octanol–water partition coefficient (Wildman–Crippen LogP) is 2.19. The number of allylic oxidation sites excluding steroid dienone is 1. The van der Waals surface area contributed by atoms with Crippen LogP contribution in [0.4, 0.5) is 0 Å². The highest BCUT2D eigenvalue weighted by atomic mass is 15.3. The molecular weight excluding hydrogens is 134 g/mol. The first-order valence-electron chi connectivity index (χ1n) is 4.71. The minimum atomic E-state index is 1.23. The second kappa shape index (κ2) is 3.91. The molecule has 0 saturated carbocycles. The molecule has 1 rings (SSSR count). The van der Waals surface area contributed by atoms with E-state index in [0.29, 0.717) is 0 Å². The van der Waals surface area contributed by atoms with Crippen molar-refractivity contribution in [2.24, 2.45) is 0 Å². The normalized spacial score (nSPS) is 24.2. The average molecular weight is 154 g/mol. The Morgan fingerprint density at radius 3 is 2.36 bits per heavy atom. The van der Waals surface area contributed by atoms with Crippen molar-refractivity contribution in [3.05, 3.63) is 12.2 Å². The molecule has 0 aromatic rings. The SMILES string of the molecule is C/C=C/C[N+]1(C)CCCCC1. The van der Waals surface area contributed by atoms with Crippen molar-refractivity contribution in [3.63, 3.8) is 0 Å². The Morgan fingerprint density at radius 2 is 1.82 bits per heavy atom. The molecule has 0 aromatic heterocycles. The summed E-state index contributed by atoms with van der Waals surface area (Å²) in [5.41, 5.74) is 0. The van der Waals surface area contributed by atoms with Gasteiger partial charge in [-0.1, -0.05) is 6.08 Å². The summed E-state index contributed by atoms with van der Waals surface area (Å²) >= 11 is 0. The second-order valence-corrected chi connectivity index (χ2v) is 3.88. The van der Waals surface area contributed by atoms with Gasteiger partial charge in [0.15, 0.2) is 0 Å². The maximum absolute atomic E-state index is 2.37. The van der Waals surface area contributed by atoms with Gasteiger partial charge in [0.05, 0.1) is 26.7 Å². The first-order valence-corrected chi connectivity index (χ1v) is 4.71. The lowest BCUT2D eigenvalue weighted by molar-refractivity contribution is -0.908. The van der Waals surface area contributed by atoms with Gasteiger partial charge in [0.25, 0.3) is 0 Å². The van der Waals surface area contributed by atoms with Crippen LogP contribution >= 0.6 is 0 Å². The van der Waals surface area contributed by atoms with Gasteiger partial charge in [0, 0.05) is 0 Å². The van der Waals surface area contributed by atoms with Gasteiger partial charge in [-0.05, 0) is 32.3 Å². The highest BCUT2D eigenvalue weighted by Crippen LogP contribution is 2.15. The van der Waals surface area contributed by atoms with Crippen molar-refractivity contribution in [2.75, 3.05) is 26.7 Å². The minimum Gasteiger partial charge on any atom is -0.323 e. The van der Waals surface area contributed by atoms with Crippen LogP contribution in [0.15, 0.2) is 12.2 Å². The molecule has 64 valence electrons. The zero-order chi connectivity index (χ0) is 8.16. The highest BCUT2D eigenvalue weighted by Gasteiger charge is 2.22. The third-order valence-electron chi connectivity index (χ3n) is 2.68. The van der Waals surface area contributed by atoms with Gasteiger partial charge >= 0.3 is 0 Å². The van der Waals surface area contributed by atoms with Crippen LogP contribution in [0.5, 0.6) is 0 Å². The van der Waals surface area contributed by atoms with E-state index in [0.717, 1.165) is 0 Å². The fraction of sp³-hybridized carbons (Fsp3) is 0.800. The average Bonchev–Trinajstić information content (AvgIpc) is 2.03. The predicted molar refractivity (Wildman–Crippen MR) is 49.5 cm³/mol. The van der Waals surface area contributed by atoms with Gasteiger partial charge in [0.2, 0.25) is 0 Å². The third kappa shape index (κ3) is 2.66. The number of likely N-dealkylation sites (tertiary alicyclic amines) is 1. The molecule has 0 unspecified atom stereocenters. The van der Waals surface area contributed by atoms with Gasteiger partial charge in [-0.2, -0.15) is 0 Å². The van der Waals surface area contributed by atoms with Crippen LogP contribution in [0.2, 0.25) is 0 Å². The molecule has 0 N–H and O–H groups in total. The highest BCUT2D eigenvalue weighted by molar-refractivity contribution is 4.76. The number of hydrogen-bond acceptors (Lipinski definition) is 0. The van der Waals surface area contributed by atoms with Gasteiger partial charge in [-0.25, -0.2) is 0 Å². The lowest BCUT2D eigenvalue weighted by Crippen LogP contribution is -2.47. The molecule has 1 heteroatoms. The molecule has 1 nitrogen and oxygen atoms in total. The van der Waals surface area contributed by atoms with E-state index in [1.54, 1.807) is 0 Å². The van der Waals surface area contributed by atoms with E-state index in [1.807, 2.05) is 0 Å². The molecule has 0 spiro atoms. The first-order chi connectivity index (χ1) is 5.27. The van der Waals surface area contributed by atoms with Crippen LogP contribution in [-0.4, -0.2) is 31.2 Å². The molecule has 0 bridgehead atoms. The number of hydrogen-bond donors (Lipinski definition) is 0. The van der Waals surface area contributed by atoms with Crippen LogP contribution in [0.25, 0.3) is 0 Å². The number of likely N-dealkylation sites (N-methyl/N-ethyl adjacent to an activating group) is 1. The van der Waals surface area contributed by atoms with E-state index in [-0.39, 0.29) is 0 Å². The van der Waals surface area contributed by atoms with Crippen molar-refractivity contribution in [3.8, 4) is 0 Å². The Bertz CT molecular complexity index is 132. The number of nitrogens with zero attached hydrogens (tertiary/aromatic N) is 1. The summed E-state index contributed by atoms with van der Waals surface area (Å²) in [4.78, 5) is 0. The first kappa shape index (κ1) is 8.79. The summed E-state index contributed by atoms with van der Waals surface area (Å²) in [6.07, 6.45) is 8.76. The maximum Gasteiger partial charge on any atom is 0.0971 e. The Morgan fingerprint density at radius 1 is 1.18 bits per heavy atom.